The van der Waals surface area contributed by atoms with Crippen molar-refractivity contribution in [3.8, 4) is 0 Å². The van der Waals surface area contributed by atoms with Gasteiger partial charge in [-0.3, -0.25) is 9.59 Å². The molecule has 1 aromatic carbocycles. The summed E-state index contributed by atoms with van der Waals surface area (Å²) >= 11 is 0. The third-order valence-corrected chi connectivity index (χ3v) is 5.20. The molecule has 0 atom stereocenters. The lowest BCUT2D eigenvalue weighted by atomic mass is 10.1. The number of aryl methyl sites for hydroxylation is 2. The van der Waals surface area contributed by atoms with Gasteiger partial charge in [-0.1, -0.05) is 30.3 Å². The summed E-state index contributed by atoms with van der Waals surface area (Å²) in [4.78, 5) is 39.4. The second-order valence-electron chi connectivity index (χ2n) is 6.51. The predicted molar refractivity (Wildman–Crippen MR) is 114 cm³/mol. The van der Waals surface area contributed by atoms with E-state index in [9.17, 15) is 22.8 Å². The minimum atomic E-state index is -3.88. The van der Waals surface area contributed by atoms with Crippen molar-refractivity contribution in [1.82, 2.24) is 9.71 Å². The molecule has 2 N–H and O–H groups in total. The third-order valence-electron chi connectivity index (χ3n) is 4.15. The Kier molecular flexibility index (Phi) is 8.29. The van der Waals surface area contributed by atoms with Crippen molar-refractivity contribution in [1.29, 1.82) is 0 Å². The number of Topliss-reactive ketones (excluding diaryl/α,β-unsaturated/α-hetero) is 1. The van der Waals surface area contributed by atoms with Crippen molar-refractivity contribution in [2.24, 2.45) is 0 Å². The highest BCUT2D eigenvalue weighted by molar-refractivity contribution is 7.92. The van der Waals surface area contributed by atoms with Gasteiger partial charge < -0.3 is 14.5 Å². The normalized spacial score (nSPS) is 11.5. The number of carbonyl (C=O) groups excluding carboxylic acids is 3. The highest BCUT2D eigenvalue weighted by Crippen LogP contribution is 2.20. The molecule has 2 aromatic rings. The van der Waals surface area contributed by atoms with Gasteiger partial charge in [0.15, 0.2) is 6.61 Å². The van der Waals surface area contributed by atoms with Crippen molar-refractivity contribution in [2.75, 3.05) is 19.8 Å². The largest absolute Gasteiger partial charge is 0.462 e. The molecule has 0 saturated heterocycles. The number of aromatic amines is 1. The van der Waals surface area contributed by atoms with E-state index in [0.717, 1.165) is 5.41 Å². The maximum atomic E-state index is 12.5. The van der Waals surface area contributed by atoms with E-state index in [-0.39, 0.29) is 17.7 Å². The SMILES string of the molecule is CCOC(=O)c1c(C)[nH]c(C)c1C(=O)COC(=O)CNS(=O)(=O)/C=C/c1ccccc1. The fourth-order valence-corrected chi connectivity index (χ4v) is 3.55. The Morgan fingerprint density at radius 2 is 1.68 bits per heavy atom. The van der Waals surface area contributed by atoms with Crippen LogP contribution in [0, 0.1) is 13.8 Å². The first-order valence-electron chi connectivity index (χ1n) is 9.42. The second kappa shape index (κ2) is 10.7. The first-order valence-corrected chi connectivity index (χ1v) is 11.0. The first-order chi connectivity index (χ1) is 14.6. The summed E-state index contributed by atoms with van der Waals surface area (Å²) in [5.41, 5.74) is 1.75. The van der Waals surface area contributed by atoms with Crippen LogP contribution >= 0.6 is 0 Å². The molecular formula is C21H24N2O7S. The Morgan fingerprint density at radius 1 is 1.03 bits per heavy atom. The van der Waals surface area contributed by atoms with Crippen molar-refractivity contribution >= 4 is 33.8 Å². The van der Waals surface area contributed by atoms with E-state index in [4.69, 9.17) is 9.47 Å². The highest BCUT2D eigenvalue weighted by atomic mass is 32.2. The Labute approximate surface area is 180 Å². The third kappa shape index (κ3) is 6.90. The number of ketones is 1. The van der Waals surface area contributed by atoms with Crippen LogP contribution in [0.1, 0.15) is 44.6 Å². The molecule has 166 valence electrons. The second-order valence-corrected chi connectivity index (χ2v) is 8.16. The number of hydrogen-bond acceptors (Lipinski definition) is 7. The van der Waals surface area contributed by atoms with Crippen molar-refractivity contribution < 1.29 is 32.3 Å². The number of sulfonamides is 1. The minimum Gasteiger partial charge on any atom is -0.462 e. The maximum Gasteiger partial charge on any atom is 0.340 e. The summed E-state index contributed by atoms with van der Waals surface area (Å²) in [5, 5.41) is 0.929. The molecule has 2 rings (SSSR count). The highest BCUT2D eigenvalue weighted by Gasteiger charge is 2.26. The van der Waals surface area contributed by atoms with Gasteiger partial charge in [-0.25, -0.2) is 17.9 Å². The molecule has 0 bridgehead atoms. The molecule has 0 saturated carbocycles. The lowest BCUT2D eigenvalue weighted by molar-refractivity contribution is -0.141. The van der Waals surface area contributed by atoms with E-state index in [1.54, 1.807) is 51.1 Å². The van der Waals surface area contributed by atoms with Crippen LogP contribution < -0.4 is 4.72 Å². The zero-order valence-electron chi connectivity index (χ0n) is 17.4. The Bertz CT molecular complexity index is 1090. The fraction of sp³-hybridized carbons (Fsp3) is 0.286. The average molecular weight is 448 g/mol. The topological polar surface area (TPSA) is 132 Å². The number of esters is 2. The standard InChI is InChI=1S/C21H24N2O7S/c1-4-29-21(26)20-15(3)23-14(2)19(20)17(24)13-30-18(25)12-22-31(27,28)11-10-16-8-6-5-7-9-16/h5-11,22-23H,4,12-13H2,1-3H3/b11-10+. The van der Waals surface area contributed by atoms with Gasteiger partial charge in [0.05, 0.1) is 17.7 Å². The fourth-order valence-electron chi connectivity index (χ4n) is 2.80. The van der Waals surface area contributed by atoms with Gasteiger partial charge in [0.25, 0.3) is 0 Å². The van der Waals surface area contributed by atoms with Crippen LogP contribution in [-0.4, -0.2) is 50.9 Å². The van der Waals surface area contributed by atoms with Gasteiger partial charge in [0.2, 0.25) is 15.8 Å². The van der Waals surface area contributed by atoms with Crippen molar-refractivity contribution in [3.05, 3.63) is 63.8 Å². The lowest BCUT2D eigenvalue weighted by Gasteiger charge is -2.07. The van der Waals surface area contributed by atoms with Crippen molar-refractivity contribution in [3.63, 3.8) is 0 Å². The molecule has 0 fully saturated rings. The smallest absolute Gasteiger partial charge is 0.340 e. The first kappa shape index (κ1) is 24.0. The average Bonchev–Trinajstić information content (AvgIpc) is 3.04. The monoisotopic (exact) mass is 448 g/mol. The number of H-pyrrole nitrogens is 1. The molecule has 0 unspecified atom stereocenters. The van der Waals surface area contributed by atoms with Crippen molar-refractivity contribution in [2.45, 2.75) is 20.8 Å². The van der Waals surface area contributed by atoms with Gasteiger partial charge in [-0.05, 0) is 32.4 Å². The molecule has 0 spiro atoms. The summed E-state index contributed by atoms with van der Waals surface area (Å²) in [6, 6.07) is 8.76. The lowest BCUT2D eigenvalue weighted by Crippen LogP contribution is -2.30. The molecule has 0 radical (unpaired) electrons. The number of aromatic nitrogens is 1. The Hall–Kier alpha value is -3.24. The van der Waals surface area contributed by atoms with Gasteiger partial charge in [-0.2, -0.15) is 0 Å². The quantitative estimate of drug-likeness (QED) is 0.420. The number of rotatable bonds is 10. The van der Waals surface area contributed by atoms with Gasteiger partial charge in [0, 0.05) is 16.8 Å². The number of benzene rings is 1. The maximum absolute atomic E-state index is 12.5. The van der Waals surface area contributed by atoms with Crippen LogP contribution in [0.4, 0.5) is 0 Å². The summed E-state index contributed by atoms with van der Waals surface area (Å²) in [5.74, 6) is -2.20. The van der Waals surface area contributed by atoms with Gasteiger partial charge in [0.1, 0.15) is 6.54 Å². The Balaban J connectivity index is 1.94. The van der Waals surface area contributed by atoms with Crippen LogP contribution in [0.2, 0.25) is 0 Å². The number of ether oxygens (including phenoxy) is 2. The van der Waals surface area contributed by atoms with Crippen LogP contribution in [0.25, 0.3) is 6.08 Å². The molecule has 31 heavy (non-hydrogen) atoms. The van der Waals surface area contributed by atoms with Crippen LogP contribution in [0.3, 0.4) is 0 Å². The molecule has 9 nitrogen and oxygen atoms in total. The van der Waals surface area contributed by atoms with E-state index in [0.29, 0.717) is 17.0 Å². The molecule has 0 aliphatic rings. The number of carbonyl (C=O) groups is 3. The summed E-state index contributed by atoms with van der Waals surface area (Å²) in [7, 11) is -3.88. The zero-order chi connectivity index (χ0) is 23.0. The van der Waals surface area contributed by atoms with E-state index in [1.807, 2.05) is 0 Å². The molecular weight excluding hydrogens is 424 g/mol. The summed E-state index contributed by atoms with van der Waals surface area (Å²) in [6.07, 6.45) is 1.38. The van der Waals surface area contributed by atoms with Gasteiger partial charge in [-0.15, -0.1) is 0 Å². The van der Waals surface area contributed by atoms with Crippen LogP contribution in [-0.2, 0) is 24.3 Å². The molecule has 10 heteroatoms. The number of nitrogens with one attached hydrogen (secondary N) is 2. The van der Waals surface area contributed by atoms with E-state index in [2.05, 4.69) is 9.71 Å². The van der Waals surface area contributed by atoms with E-state index < -0.39 is 40.9 Å². The van der Waals surface area contributed by atoms with Gasteiger partial charge >= 0.3 is 11.9 Å². The minimum absolute atomic E-state index is 0.0788. The molecule has 0 aliphatic carbocycles. The molecule has 1 aromatic heterocycles. The van der Waals surface area contributed by atoms with Crippen LogP contribution in [0.5, 0.6) is 0 Å². The molecule has 1 heterocycles. The summed E-state index contributed by atoms with van der Waals surface area (Å²) in [6.45, 7) is 3.73. The zero-order valence-corrected chi connectivity index (χ0v) is 18.2. The molecule has 0 amide bonds. The molecule has 0 aliphatic heterocycles. The van der Waals surface area contributed by atoms with E-state index >= 15 is 0 Å². The summed E-state index contributed by atoms with van der Waals surface area (Å²) < 4.78 is 35.8. The Morgan fingerprint density at radius 3 is 2.32 bits per heavy atom. The van der Waals surface area contributed by atoms with E-state index in [1.165, 1.54) is 6.08 Å². The van der Waals surface area contributed by atoms with Crippen LogP contribution in [0.15, 0.2) is 35.7 Å². The predicted octanol–water partition coefficient (Wildman–Crippen LogP) is 2.12. The number of hydrogen-bond donors (Lipinski definition) is 2.